The van der Waals surface area contributed by atoms with Gasteiger partial charge in [0.15, 0.2) is 5.76 Å². The molecular weight excluding hydrogens is 382 g/mol. The number of carbonyl (C=O) groups excluding carboxylic acids is 1. The second-order valence-corrected chi connectivity index (χ2v) is 8.77. The minimum absolute atomic E-state index is 0.0507. The Morgan fingerprint density at radius 1 is 1.25 bits per heavy atom. The van der Waals surface area contributed by atoms with Crippen LogP contribution >= 0.6 is 0 Å². The van der Waals surface area contributed by atoms with E-state index in [4.69, 9.17) is 9.26 Å². The molecule has 1 saturated heterocycles. The topological polar surface area (TPSA) is 102 Å². The summed E-state index contributed by atoms with van der Waals surface area (Å²) in [6.07, 6.45) is 0.966. The van der Waals surface area contributed by atoms with Gasteiger partial charge >= 0.3 is 0 Å². The Labute approximate surface area is 164 Å². The molecule has 1 aliphatic rings. The number of methoxy groups -OCH3 is 1. The first kappa shape index (κ1) is 20.3. The molecule has 2 heterocycles. The van der Waals surface area contributed by atoms with E-state index in [-0.39, 0.29) is 22.5 Å². The number of nitrogens with one attached hydrogen (secondary N) is 1. The number of hydrogen-bond acceptors (Lipinski definition) is 6. The summed E-state index contributed by atoms with van der Waals surface area (Å²) in [6.45, 7) is 4.23. The van der Waals surface area contributed by atoms with Gasteiger partial charge in [0.2, 0.25) is 15.9 Å². The average Bonchev–Trinajstić information content (AvgIpc) is 3.05. The molecule has 0 aliphatic carbocycles. The number of carbonyl (C=O) groups is 1. The fraction of sp³-hybridized carbons (Fsp3) is 0.474. The first-order valence-electron chi connectivity index (χ1n) is 9.16. The summed E-state index contributed by atoms with van der Waals surface area (Å²) in [5, 5.41) is 6.66. The van der Waals surface area contributed by atoms with E-state index in [1.54, 1.807) is 21.0 Å². The van der Waals surface area contributed by atoms with Gasteiger partial charge in [0.1, 0.15) is 16.3 Å². The minimum Gasteiger partial charge on any atom is -0.497 e. The summed E-state index contributed by atoms with van der Waals surface area (Å²) in [4.78, 5) is 12.6. The van der Waals surface area contributed by atoms with E-state index in [0.717, 1.165) is 11.3 Å². The molecule has 1 amide bonds. The highest BCUT2D eigenvalue weighted by Gasteiger charge is 2.35. The van der Waals surface area contributed by atoms with Crippen molar-refractivity contribution in [1.29, 1.82) is 0 Å². The average molecular weight is 407 g/mol. The van der Waals surface area contributed by atoms with E-state index < -0.39 is 10.0 Å². The lowest BCUT2D eigenvalue weighted by molar-refractivity contribution is -0.126. The van der Waals surface area contributed by atoms with Crippen molar-refractivity contribution in [2.75, 3.05) is 20.2 Å². The molecule has 3 rings (SSSR count). The second-order valence-electron chi connectivity index (χ2n) is 6.90. The third-order valence-electron chi connectivity index (χ3n) is 5.02. The van der Waals surface area contributed by atoms with Crippen molar-refractivity contribution < 1.29 is 22.5 Å². The largest absolute Gasteiger partial charge is 0.497 e. The lowest BCUT2D eigenvalue weighted by atomic mass is 9.97. The maximum absolute atomic E-state index is 12.8. The van der Waals surface area contributed by atoms with Crippen LogP contribution in [0, 0.1) is 19.8 Å². The van der Waals surface area contributed by atoms with Gasteiger partial charge in [-0.1, -0.05) is 17.3 Å². The number of piperidine rings is 1. The summed E-state index contributed by atoms with van der Waals surface area (Å²) in [5.74, 6) is 0.804. The highest BCUT2D eigenvalue weighted by Crippen LogP contribution is 2.27. The Morgan fingerprint density at radius 3 is 2.43 bits per heavy atom. The van der Waals surface area contributed by atoms with Crippen LogP contribution in [0.4, 0.5) is 0 Å². The molecule has 2 aromatic rings. The Balaban J connectivity index is 1.55. The van der Waals surface area contributed by atoms with Gasteiger partial charge in [0.25, 0.3) is 0 Å². The number of ether oxygens (including phenoxy) is 1. The maximum atomic E-state index is 12.8. The van der Waals surface area contributed by atoms with Crippen LogP contribution in [-0.4, -0.2) is 44.0 Å². The van der Waals surface area contributed by atoms with E-state index in [2.05, 4.69) is 10.5 Å². The lowest BCUT2D eigenvalue weighted by Crippen LogP contribution is -2.43. The molecule has 1 aromatic heterocycles. The number of nitrogens with zero attached hydrogens (tertiary/aromatic N) is 2. The molecule has 1 aliphatic heterocycles. The molecule has 1 fully saturated rings. The van der Waals surface area contributed by atoms with Gasteiger partial charge in [0, 0.05) is 25.6 Å². The van der Waals surface area contributed by atoms with E-state index in [1.165, 1.54) is 4.31 Å². The van der Waals surface area contributed by atoms with Crippen molar-refractivity contribution in [2.24, 2.45) is 5.92 Å². The molecule has 1 N–H and O–H groups in total. The van der Waals surface area contributed by atoms with Crippen molar-refractivity contribution >= 4 is 15.9 Å². The standard InChI is InChI=1S/C19H25N3O5S/c1-13-18(14(2)27-21-13)28(24,25)22-10-8-16(9-11-22)19(23)20-12-15-4-6-17(26-3)7-5-15/h4-7,16H,8-12H2,1-3H3,(H,20,23). The Bertz CT molecular complexity index is 909. The third kappa shape index (κ3) is 4.20. The van der Waals surface area contributed by atoms with Gasteiger partial charge in [-0.2, -0.15) is 4.31 Å². The SMILES string of the molecule is COc1ccc(CNC(=O)C2CCN(S(=O)(=O)c3c(C)noc3C)CC2)cc1. The zero-order chi connectivity index (χ0) is 20.3. The van der Waals surface area contributed by atoms with Crippen LogP contribution in [0.2, 0.25) is 0 Å². The number of aryl methyl sites for hydroxylation is 2. The quantitative estimate of drug-likeness (QED) is 0.786. The van der Waals surface area contributed by atoms with Crippen LogP contribution in [-0.2, 0) is 21.4 Å². The van der Waals surface area contributed by atoms with Crippen molar-refractivity contribution in [3.63, 3.8) is 0 Å². The highest BCUT2D eigenvalue weighted by molar-refractivity contribution is 7.89. The van der Waals surface area contributed by atoms with Crippen LogP contribution in [0.1, 0.15) is 29.9 Å². The van der Waals surface area contributed by atoms with Crippen molar-refractivity contribution in [3.8, 4) is 5.75 Å². The highest BCUT2D eigenvalue weighted by atomic mass is 32.2. The maximum Gasteiger partial charge on any atom is 0.248 e. The Kier molecular flexibility index (Phi) is 6.04. The van der Waals surface area contributed by atoms with Crippen molar-refractivity contribution in [1.82, 2.24) is 14.8 Å². The molecular formula is C19H25N3O5S. The molecule has 1 aromatic carbocycles. The lowest BCUT2D eigenvalue weighted by Gasteiger charge is -2.30. The normalized spacial score (nSPS) is 16.1. The van der Waals surface area contributed by atoms with Gasteiger partial charge in [-0.3, -0.25) is 4.79 Å². The molecule has 0 spiro atoms. The van der Waals surface area contributed by atoms with Gasteiger partial charge in [-0.05, 0) is 44.4 Å². The zero-order valence-electron chi connectivity index (χ0n) is 16.3. The molecule has 8 nitrogen and oxygen atoms in total. The van der Waals surface area contributed by atoms with E-state index in [9.17, 15) is 13.2 Å². The summed E-state index contributed by atoms with van der Waals surface area (Å²) in [6, 6.07) is 7.49. The molecule has 0 radical (unpaired) electrons. The van der Waals surface area contributed by atoms with E-state index in [1.807, 2.05) is 24.3 Å². The van der Waals surface area contributed by atoms with Crippen LogP contribution in [0.15, 0.2) is 33.7 Å². The number of hydrogen-bond donors (Lipinski definition) is 1. The third-order valence-corrected chi connectivity index (χ3v) is 7.16. The fourth-order valence-corrected chi connectivity index (χ4v) is 5.17. The fourth-order valence-electron chi connectivity index (χ4n) is 3.41. The Morgan fingerprint density at radius 2 is 1.89 bits per heavy atom. The van der Waals surface area contributed by atoms with E-state index >= 15 is 0 Å². The van der Waals surface area contributed by atoms with Gasteiger partial charge in [-0.25, -0.2) is 8.42 Å². The van der Waals surface area contributed by atoms with Gasteiger partial charge in [-0.15, -0.1) is 0 Å². The molecule has 0 saturated carbocycles. The summed E-state index contributed by atoms with van der Waals surface area (Å²) in [7, 11) is -2.05. The number of aromatic nitrogens is 1. The number of rotatable bonds is 6. The van der Waals surface area contributed by atoms with Crippen LogP contribution in [0.25, 0.3) is 0 Å². The predicted molar refractivity (Wildman–Crippen MR) is 102 cm³/mol. The predicted octanol–water partition coefficient (Wildman–Crippen LogP) is 2.02. The first-order valence-corrected chi connectivity index (χ1v) is 10.6. The number of sulfonamides is 1. The second kappa shape index (κ2) is 8.32. The van der Waals surface area contributed by atoms with Crippen LogP contribution in [0.5, 0.6) is 5.75 Å². The Hall–Kier alpha value is -2.39. The van der Waals surface area contributed by atoms with Gasteiger partial charge < -0.3 is 14.6 Å². The monoisotopic (exact) mass is 407 g/mol. The van der Waals surface area contributed by atoms with E-state index in [0.29, 0.717) is 38.2 Å². The van der Waals surface area contributed by atoms with Gasteiger partial charge in [0.05, 0.1) is 7.11 Å². The number of benzene rings is 1. The van der Waals surface area contributed by atoms with Crippen molar-refractivity contribution in [3.05, 3.63) is 41.3 Å². The summed E-state index contributed by atoms with van der Waals surface area (Å²) < 4.78 is 37.2. The van der Waals surface area contributed by atoms with Crippen LogP contribution in [0.3, 0.4) is 0 Å². The number of amides is 1. The van der Waals surface area contributed by atoms with Crippen LogP contribution < -0.4 is 10.1 Å². The summed E-state index contributed by atoms with van der Waals surface area (Å²) >= 11 is 0. The molecule has 28 heavy (non-hydrogen) atoms. The molecule has 0 bridgehead atoms. The zero-order valence-corrected chi connectivity index (χ0v) is 17.1. The smallest absolute Gasteiger partial charge is 0.248 e. The molecule has 9 heteroatoms. The molecule has 152 valence electrons. The first-order chi connectivity index (χ1) is 13.3. The molecule has 0 atom stereocenters. The van der Waals surface area contributed by atoms with Crippen molar-refractivity contribution in [2.45, 2.75) is 38.1 Å². The summed E-state index contributed by atoms with van der Waals surface area (Å²) in [5.41, 5.74) is 1.34. The minimum atomic E-state index is -3.66. The molecule has 0 unspecified atom stereocenters.